The van der Waals surface area contributed by atoms with Crippen molar-refractivity contribution >= 4 is 0 Å². The fourth-order valence-corrected chi connectivity index (χ4v) is 4.11. The topological polar surface area (TPSA) is 38.7 Å². The highest BCUT2D eigenvalue weighted by atomic mass is 16.6. The van der Waals surface area contributed by atoms with Gasteiger partial charge in [-0.3, -0.25) is 0 Å². The normalized spacial score (nSPS) is 47.2. The van der Waals surface area contributed by atoms with Crippen LogP contribution < -0.4 is 0 Å². The van der Waals surface area contributed by atoms with Crippen molar-refractivity contribution < 1.29 is 14.6 Å². The Hall–Kier alpha value is -0.640. The van der Waals surface area contributed by atoms with Crippen molar-refractivity contribution in [3.63, 3.8) is 0 Å². The first kappa shape index (κ1) is 12.4. The summed E-state index contributed by atoms with van der Waals surface area (Å²) in [5.74, 6) is 0. The molecule has 2 heterocycles. The fraction of sp³-hybridized carbons (Fsp3) is 0.733. The lowest BCUT2D eigenvalue weighted by atomic mass is 9.62. The average molecular weight is 250 g/mol. The molecule has 3 aliphatic rings. The van der Waals surface area contributed by atoms with Gasteiger partial charge in [0.15, 0.2) is 0 Å². The zero-order valence-corrected chi connectivity index (χ0v) is 10.9. The Morgan fingerprint density at radius 3 is 2.61 bits per heavy atom. The van der Waals surface area contributed by atoms with Crippen molar-refractivity contribution in [2.24, 2.45) is 0 Å². The third-order valence-electron chi connectivity index (χ3n) is 4.86. The molecule has 2 fully saturated rings. The molecular formula is C15H22O3. The van der Waals surface area contributed by atoms with Crippen LogP contribution in [-0.2, 0) is 9.47 Å². The Kier molecular flexibility index (Phi) is 2.88. The zero-order valence-electron chi connectivity index (χ0n) is 10.9. The maximum Gasteiger partial charge on any atom is 0.130 e. The van der Waals surface area contributed by atoms with Crippen LogP contribution in [0.2, 0.25) is 0 Å². The highest BCUT2D eigenvalue weighted by molar-refractivity contribution is 5.29. The van der Waals surface area contributed by atoms with Gasteiger partial charge in [0.25, 0.3) is 0 Å². The highest BCUT2D eigenvalue weighted by Crippen LogP contribution is 2.55. The SMILES string of the molecule is C=CC[C@@]1(O)C=CC[C@@]2(CCCO2)[C@@]12CCCO2. The van der Waals surface area contributed by atoms with Gasteiger partial charge in [-0.15, -0.1) is 6.58 Å². The number of fused-ring (bicyclic) bond motifs is 1. The second-order valence-electron chi connectivity index (χ2n) is 5.75. The van der Waals surface area contributed by atoms with Crippen LogP contribution >= 0.6 is 0 Å². The largest absolute Gasteiger partial charge is 0.382 e. The summed E-state index contributed by atoms with van der Waals surface area (Å²) in [5, 5.41) is 11.1. The summed E-state index contributed by atoms with van der Waals surface area (Å²) >= 11 is 0. The van der Waals surface area contributed by atoms with Gasteiger partial charge in [0.2, 0.25) is 0 Å². The predicted octanol–water partition coefficient (Wildman–Crippen LogP) is 2.35. The summed E-state index contributed by atoms with van der Waals surface area (Å²) < 4.78 is 12.2. The van der Waals surface area contributed by atoms with E-state index in [4.69, 9.17) is 9.47 Å². The van der Waals surface area contributed by atoms with E-state index in [0.29, 0.717) is 6.42 Å². The first-order chi connectivity index (χ1) is 8.68. The van der Waals surface area contributed by atoms with Crippen molar-refractivity contribution in [2.45, 2.75) is 55.3 Å². The van der Waals surface area contributed by atoms with Gasteiger partial charge < -0.3 is 14.6 Å². The summed E-state index contributed by atoms with van der Waals surface area (Å²) in [5.41, 5.74) is -1.86. The molecule has 2 saturated heterocycles. The first-order valence-electron chi connectivity index (χ1n) is 6.97. The molecule has 0 aromatic heterocycles. The Morgan fingerprint density at radius 2 is 2.00 bits per heavy atom. The van der Waals surface area contributed by atoms with Gasteiger partial charge >= 0.3 is 0 Å². The standard InChI is InChI=1S/C15H22O3/c1-2-6-13(16)7-3-8-14(9-4-11-17-14)15(13)10-5-12-18-15/h2-3,7,16H,1,4-6,8-12H2/t13-,14-,15-/m1/s1. The van der Waals surface area contributed by atoms with Crippen LogP contribution in [0.4, 0.5) is 0 Å². The third kappa shape index (κ3) is 1.41. The summed E-state index contributed by atoms with van der Waals surface area (Å²) in [6.45, 7) is 5.28. The minimum Gasteiger partial charge on any atom is -0.382 e. The molecule has 1 N–H and O–H groups in total. The van der Waals surface area contributed by atoms with E-state index in [0.717, 1.165) is 45.3 Å². The van der Waals surface area contributed by atoms with Crippen molar-refractivity contribution in [3.8, 4) is 0 Å². The molecule has 2 aliphatic heterocycles. The van der Waals surface area contributed by atoms with Gasteiger partial charge in [0, 0.05) is 19.6 Å². The second-order valence-corrected chi connectivity index (χ2v) is 5.75. The molecule has 0 saturated carbocycles. The summed E-state index contributed by atoms with van der Waals surface area (Å²) in [7, 11) is 0. The highest BCUT2D eigenvalue weighted by Gasteiger charge is 2.66. The van der Waals surface area contributed by atoms with E-state index >= 15 is 0 Å². The molecule has 0 radical (unpaired) electrons. The van der Waals surface area contributed by atoms with E-state index in [1.807, 2.05) is 6.08 Å². The third-order valence-corrected chi connectivity index (χ3v) is 4.86. The molecule has 1 aliphatic carbocycles. The monoisotopic (exact) mass is 250 g/mol. The van der Waals surface area contributed by atoms with Crippen molar-refractivity contribution in [1.82, 2.24) is 0 Å². The van der Waals surface area contributed by atoms with Crippen LogP contribution in [0.25, 0.3) is 0 Å². The van der Waals surface area contributed by atoms with Gasteiger partial charge in [0.05, 0.1) is 0 Å². The molecule has 0 unspecified atom stereocenters. The van der Waals surface area contributed by atoms with Gasteiger partial charge in [0.1, 0.15) is 16.8 Å². The lowest BCUT2D eigenvalue weighted by Crippen LogP contribution is -2.68. The number of hydrogen-bond donors (Lipinski definition) is 1. The Labute approximate surface area is 108 Å². The molecule has 3 atom stereocenters. The fourth-order valence-electron chi connectivity index (χ4n) is 4.11. The van der Waals surface area contributed by atoms with Crippen molar-refractivity contribution in [2.75, 3.05) is 13.2 Å². The van der Waals surface area contributed by atoms with E-state index in [2.05, 4.69) is 12.7 Å². The van der Waals surface area contributed by atoms with Crippen LogP contribution in [0.5, 0.6) is 0 Å². The van der Waals surface area contributed by atoms with Crippen LogP contribution in [0.1, 0.15) is 38.5 Å². The average Bonchev–Trinajstić information content (AvgIpc) is 2.97. The molecule has 3 nitrogen and oxygen atoms in total. The lowest BCUT2D eigenvalue weighted by molar-refractivity contribution is -0.241. The molecule has 0 bridgehead atoms. The van der Waals surface area contributed by atoms with Gasteiger partial charge in [-0.1, -0.05) is 18.2 Å². The second kappa shape index (κ2) is 4.19. The summed E-state index contributed by atoms with van der Waals surface area (Å²) in [4.78, 5) is 0. The van der Waals surface area contributed by atoms with Gasteiger partial charge in [-0.25, -0.2) is 0 Å². The Morgan fingerprint density at radius 1 is 1.22 bits per heavy atom. The minimum atomic E-state index is -0.964. The van der Waals surface area contributed by atoms with E-state index in [1.165, 1.54) is 0 Å². The number of ether oxygens (including phenoxy) is 2. The van der Waals surface area contributed by atoms with Crippen LogP contribution in [0.3, 0.4) is 0 Å². The Balaban J connectivity index is 2.07. The first-order valence-corrected chi connectivity index (χ1v) is 6.97. The molecule has 2 spiro atoms. The number of rotatable bonds is 2. The quantitative estimate of drug-likeness (QED) is 0.765. The number of hydrogen-bond acceptors (Lipinski definition) is 3. The zero-order chi connectivity index (χ0) is 12.7. The van der Waals surface area contributed by atoms with Crippen LogP contribution in [-0.4, -0.2) is 35.1 Å². The molecular weight excluding hydrogens is 228 g/mol. The van der Waals surface area contributed by atoms with E-state index in [9.17, 15) is 5.11 Å². The van der Waals surface area contributed by atoms with Crippen LogP contribution in [0.15, 0.2) is 24.8 Å². The minimum absolute atomic E-state index is 0.323. The van der Waals surface area contributed by atoms with E-state index in [-0.39, 0.29) is 5.60 Å². The van der Waals surface area contributed by atoms with E-state index < -0.39 is 11.2 Å². The van der Waals surface area contributed by atoms with Gasteiger partial charge in [-0.05, 0) is 32.1 Å². The molecule has 0 amide bonds. The molecule has 3 rings (SSSR count). The summed E-state index contributed by atoms with van der Waals surface area (Å²) in [6.07, 6.45) is 11.0. The molecule has 18 heavy (non-hydrogen) atoms. The maximum absolute atomic E-state index is 11.1. The van der Waals surface area contributed by atoms with Gasteiger partial charge in [-0.2, -0.15) is 0 Å². The Bertz CT molecular complexity index is 362. The van der Waals surface area contributed by atoms with Crippen molar-refractivity contribution in [3.05, 3.63) is 24.8 Å². The van der Waals surface area contributed by atoms with Crippen LogP contribution in [0, 0.1) is 0 Å². The molecule has 100 valence electrons. The van der Waals surface area contributed by atoms with E-state index in [1.54, 1.807) is 6.08 Å². The smallest absolute Gasteiger partial charge is 0.130 e. The number of aliphatic hydroxyl groups is 1. The lowest BCUT2D eigenvalue weighted by Gasteiger charge is -2.54. The molecule has 3 heteroatoms. The molecule has 0 aromatic carbocycles. The summed E-state index contributed by atoms with van der Waals surface area (Å²) in [6, 6.07) is 0. The maximum atomic E-state index is 11.1. The molecule has 0 aromatic rings. The predicted molar refractivity (Wildman–Crippen MR) is 69.4 cm³/mol. The van der Waals surface area contributed by atoms with Crippen molar-refractivity contribution in [1.29, 1.82) is 0 Å².